The highest BCUT2D eigenvalue weighted by molar-refractivity contribution is 4.58. The number of hydrogen-bond donors (Lipinski definition) is 0. The topological polar surface area (TPSA) is 3.24 Å². The fraction of sp³-hybridized carbons (Fsp3) is 1.00. The molecule has 0 fully saturated rings. The normalized spacial score (nSPS) is 9.20. The summed E-state index contributed by atoms with van der Waals surface area (Å²) < 4.78 is 0. The molecule has 0 heterocycles. The van der Waals surface area contributed by atoms with Crippen molar-refractivity contribution in [1.29, 1.82) is 0 Å². The van der Waals surface area contributed by atoms with Crippen LogP contribution in [-0.2, 0) is 0 Å². The molecule has 1 nitrogen and oxygen atoms in total. The number of rotatable bonds is 6. The molecule has 0 rings (SSSR count). The highest BCUT2D eigenvalue weighted by atomic mass is 15.1. The van der Waals surface area contributed by atoms with E-state index in [1.54, 1.807) is 0 Å². The average Bonchev–Trinajstić information content (AvgIpc) is 2.24. The van der Waals surface area contributed by atoms with Crippen molar-refractivity contribution in [3.63, 3.8) is 0 Å². The van der Waals surface area contributed by atoms with E-state index in [0.29, 0.717) is 0 Å². The summed E-state index contributed by atoms with van der Waals surface area (Å²) >= 11 is 0. The first-order chi connectivity index (χ1) is 7.20. The molecular formula is C14H35N. The van der Waals surface area contributed by atoms with Gasteiger partial charge in [0.1, 0.15) is 0 Å². The number of nitrogens with zero attached hydrogens (tertiary/aromatic N) is 1. The summed E-state index contributed by atoms with van der Waals surface area (Å²) in [4.78, 5) is 2.56. The highest BCUT2D eigenvalue weighted by Crippen LogP contribution is 2.00. The zero-order valence-electron chi connectivity index (χ0n) is 12.6. The maximum Gasteiger partial charge on any atom is 0.000438 e. The lowest BCUT2D eigenvalue weighted by molar-refractivity contribution is 0.245. The molecule has 0 saturated heterocycles. The zero-order valence-corrected chi connectivity index (χ0v) is 12.6. The minimum Gasteiger partial charge on any atom is -0.303 e. The smallest absolute Gasteiger partial charge is 0.000438 e. The van der Waals surface area contributed by atoms with Crippen molar-refractivity contribution in [2.75, 3.05) is 19.6 Å². The highest BCUT2D eigenvalue weighted by Gasteiger charge is 2.03. The van der Waals surface area contributed by atoms with Gasteiger partial charge in [-0.2, -0.15) is 0 Å². The molecule has 0 atom stereocenters. The molecule has 0 saturated carbocycles. The van der Waals surface area contributed by atoms with Crippen LogP contribution in [0, 0.1) is 5.92 Å². The van der Waals surface area contributed by atoms with Gasteiger partial charge in [0.25, 0.3) is 0 Å². The van der Waals surface area contributed by atoms with Gasteiger partial charge in [0.2, 0.25) is 0 Å². The van der Waals surface area contributed by atoms with E-state index in [9.17, 15) is 0 Å². The quantitative estimate of drug-likeness (QED) is 0.617. The van der Waals surface area contributed by atoms with Crippen LogP contribution in [0.5, 0.6) is 0 Å². The molecule has 0 bridgehead atoms. The predicted molar refractivity (Wildman–Crippen MR) is 74.6 cm³/mol. The van der Waals surface area contributed by atoms with E-state index in [0.717, 1.165) is 5.92 Å². The first-order valence-electron chi connectivity index (χ1n) is 6.93. The Bertz CT molecular complexity index is 73.4. The van der Waals surface area contributed by atoms with E-state index in [2.05, 4.69) is 32.6 Å². The maximum absolute atomic E-state index is 2.56. The molecule has 0 aliphatic rings. The molecule has 0 spiro atoms. The Morgan fingerprint density at radius 2 is 1.13 bits per heavy atom. The zero-order chi connectivity index (χ0) is 12.7. The molecule has 1 heteroatoms. The Balaban J connectivity index is -0.000000318. The van der Waals surface area contributed by atoms with E-state index in [4.69, 9.17) is 0 Å². The maximum atomic E-state index is 2.56. The van der Waals surface area contributed by atoms with Crippen molar-refractivity contribution in [1.82, 2.24) is 4.90 Å². The first kappa shape index (κ1) is 20.4. The second-order valence-electron chi connectivity index (χ2n) is 3.69. The Kier molecular flexibility index (Phi) is 26.5. The van der Waals surface area contributed by atoms with Crippen molar-refractivity contribution in [2.45, 2.75) is 68.2 Å². The van der Waals surface area contributed by atoms with Gasteiger partial charge >= 0.3 is 0 Å². The van der Waals surface area contributed by atoms with Crippen LogP contribution in [0.25, 0.3) is 0 Å². The molecule has 0 N–H and O–H groups in total. The van der Waals surface area contributed by atoms with Crippen LogP contribution in [0.1, 0.15) is 68.2 Å². The van der Waals surface area contributed by atoms with Gasteiger partial charge in [-0.3, -0.25) is 0 Å². The molecule has 0 aliphatic carbocycles. The van der Waals surface area contributed by atoms with Crippen LogP contribution >= 0.6 is 0 Å². The molecule has 0 aliphatic heterocycles. The molecule has 0 aromatic rings. The SMILES string of the molecule is CC.CC.CCCN(CCC)CC(C)C. The second-order valence-corrected chi connectivity index (χ2v) is 3.69. The second kappa shape index (κ2) is 19.5. The third-order valence-corrected chi connectivity index (χ3v) is 1.70. The fourth-order valence-corrected chi connectivity index (χ4v) is 1.44. The van der Waals surface area contributed by atoms with E-state index >= 15 is 0 Å². The van der Waals surface area contributed by atoms with Crippen molar-refractivity contribution in [3.05, 3.63) is 0 Å². The molecule has 0 radical (unpaired) electrons. The Labute approximate surface area is 99.3 Å². The van der Waals surface area contributed by atoms with Gasteiger partial charge in [-0.15, -0.1) is 0 Å². The summed E-state index contributed by atoms with van der Waals surface area (Å²) in [5.41, 5.74) is 0. The molecule has 15 heavy (non-hydrogen) atoms. The molecule has 0 aromatic carbocycles. The summed E-state index contributed by atoms with van der Waals surface area (Å²) in [7, 11) is 0. The van der Waals surface area contributed by atoms with Crippen LogP contribution in [0.3, 0.4) is 0 Å². The third kappa shape index (κ3) is 20.1. The first-order valence-corrected chi connectivity index (χ1v) is 6.93. The van der Waals surface area contributed by atoms with E-state index in [1.807, 2.05) is 27.7 Å². The largest absolute Gasteiger partial charge is 0.303 e. The Morgan fingerprint density at radius 1 is 0.800 bits per heavy atom. The minimum absolute atomic E-state index is 0.813. The molecule has 0 unspecified atom stereocenters. The van der Waals surface area contributed by atoms with Crippen LogP contribution in [0.2, 0.25) is 0 Å². The lowest BCUT2D eigenvalue weighted by Gasteiger charge is -2.22. The van der Waals surface area contributed by atoms with Crippen LogP contribution in [0.15, 0.2) is 0 Å². The fourth-order valence-electron chi connectivity index (χ4n) is 1.44. The molecular weight excluding hydrogens is 182 g/mol. The monoisotopic (exact) mass is 217 g/mol. The van der Waals surface area contributed by atoms with Gasteiger partial charge in [-0.05, 0) is 31.8 Å². The van der Waals surface area contributed by atoms with Crippen molar-refractivity contribution in [3.8, 4) is 0 Å². The van der Waals surface area contributed by atoms with Gasteiger partial charge in [-0.25, -0.2) is 0 Å². The lowest BCUT2D eigenvalue weighted by atomic mass is 10.2. The molecule has 96 valence electrons. The summed E-state index contributed by atoms with van der Waals surface area (Å²) in [5, 5.41) is 0. The summed E-state index contributed by atoms with van der Waals surface area (Å²) in [6.07, 6.45) is 2.57. The summed E-state index contributed by atoms with van der Waals surface area (Å²) in [6.45, 7) is 20.9. The van der Waals surface area contributed by atoms with Crippen LogP contribution < -0.4 is 0 Å². The average molecular weight is 217 g/mol. The Hall–Kier alpha value is -0.0400. The van der Waals surface area contributed by atoms with Gasteiger partial charge in [0.15, 0.2) is 0 Å². The third-order valence-electron chi connectivity index (χ3n) is 1.70. The van der Waals surface area contributed by atoms with E-state index in [-0.39, 0.29) is 0 Å². The molecule has 0 aromatic heterocycles. The van der Waals surface area contributed by atoms with Gasteiger partial charge in [0.05, 0.1) is 0 Å². The van der Waals surface area contributed by atoms with Gasteiger partial charge in [0, 0.05) is 6.54 Å². The van der Waals surface area contributed by atoms with E-state index in [1.165, 1.54) is 32.5 Å². The minimum atomic E-state index is 0.813. The van der Waals surface area contributed by atoms with Crippen molar-refractivity contribution < 1.29 is 0 Å². The summed E-state index contributed by atoms with van der Waals surface area (Å²) in [5.74, 6) is 0.813. The van der Waals surface area contributed by atoms with Crippen molar-refractivity contribution in [2.24, 2.45) is 5.92 Å². The Morgan fingerprint density at radius 3 is 1.33 bits per heavy atom. The van der Waals surface area contributed by atoms with Crippen molar-refractivity contribution >= 4 is 0 Å². The van der Waals surface area contributed by atoms with Gasteiger partial charge in [-0.1, -0.05) is 55.4 Å². The van der Waals surface area contributed by atoms with E-state index < -0.39 is 0 Å². The van der Waals surface area contributed by atoms with Crippen LogP contribution in [0.4, 0.5) is 0 Å². The number of hydrogen-bond acceptors (Lipinski definition) is 1. The molecule has 0 amide bonds. The standard InChI is InChI=1S/C10H23N.2C2H6/c1-5-7-11(8-6-2)9-10(3)4;2*1-2/h10H,5-9H2,1-4H3;2*1-2H3. The predicted octanol–water partition coefficient (Wildman–Crippen LogP) is 4.82. The summed E-state index contributed by atoms with van der Waals surface area (Å²) in [6, 6.07) is 0. The van der Waals surface area contributed by atoms with Crippen LogP contribution in [-0.4, -0.2) is 24.5 Å². The lowest BCUT2D eigenvalue weighted by Crippen LogP contribution is -2.29. The van der Waals surface area contributed by atoms with Gasteiger partial charge < -0.3 is 4.90 Å².